The van der Waals surface area contributed by atoms with Gasteiger partial charge in [0.15, 0.2) is 0 Å². The zero-order valence-corrected chi connectivity index (χ0v) is 16.9. The third kappa shape index (κ3) is 4.54. The summed E-state index contributed by atoms with van der Waals surface area (Å²) in [6.45, 7) is 3.34. The van der Waals surface area contributed by atoms with E-state index in [0.717, 1.165) is 18.7 Å². The predicted molar refractivity (Wildman–Crippen MR) is 117 cm³/mol. The molecule has 4 nitrogen and oxygen atoms in total. The monoisotopic (exact) mass is 406 g/mol. The second-order valence-corrected chi connectivity index (χ2v) is 7.40. The summed E-state index contributed by atoms with van der Waals surface area (Å²) >= 11 is 6.22. The van der Waals surface area contributed by atoms with Crippen LogP contribution in [0.5, 0.6) is 5.75 Å². The van der Waals surface area contributed by atoms with Crippen LogP contribution in [0.15, 0.2) is 78.9 Å². The van der Waals surface area contributed by atoms with Crippen LogP contribution in [0.25, 0.3) is 0 Å². The Morgan fingerprint density at radius 2 is 1.48 bits per heavy atom. The number of amides is 1. The summed E-state index contributed by atoms with van der Waals surface area (Å²) in [5, 5.41) is 0.661. The highest BCUT2D eigenvalue weighted by atomic mass is 35.5. The molecule has 1 aliphatic rings. The minimum atomic E-state index is 0.00692. The number of rotatable bonds is 5. The molecule has 1 amide bonds. The molecular formula is C24H23ClN2O2. The quantitative estimate of drug-likeness (QED) is 0.605. The molecule has 0 spiro atoms. The number of carbonyl (C=O) groups excluding carboxylic acids is 1. The highest BCUT2D eigenvalue weighted by Crippen LogP contribution is 2.24. The van der Waals surface area contributed by atoms with Crippen molar-refractivity contribution in [3.05, 3.63) is 95.0 Å². The number of hydrogen-bond donors (Lipinski definition) is 0. The minimum Gasteiger partial charge on any atom is -0.488 e. The largest absolute Gasteiger partial charge is 0.488 e. The standard InChI is InChI=1S/C24H23ClN2O2/c25-22-12-6-4-8-19(22)18-29-23-13-7-5-11-21(23)24(28)27-16-14-26(15-17-27)20-9-2-1-3-10-20/h1-13H,14-18H2. The Kier molecular flexibility index (Phi) is 6.01. The third-order valence-electron chi connectivity index (χ3n) is 5.15. The van der Waals surface area contributed by atoms with E-state index in [4.69, 9.17) is 16.3 Å². The summed E-state index contributed by atoms with van der Waals surface area (Å²) in [7, 11) is 0. The lowest BCUT2D eigenvalue weighted by atomic mass is 10.1. The van der Waals surface area contributed by atoms with Gasteiger partial charge in [-0.05, 0) is 30.3 Å². The number of carbonyl (C=O) groups is 1. The van der Waals surface area contributed by atoms with Crippen LogP contribution in [0.1, 0.15) is 15.9 Å². The van der Waals surface area contributed by atoms with Crippen LogP contribution in [-0.4, -0.2) is 37.0 Å². The maximum Gasteiger partial charge on any atom is 0.257 e. The molecule has 5 heteroatoms. The number of para-hydroxylation sites is 2. The number of anilines is 1. The van der Waals surface area contributed by atoms with Crippen molar-refractivity contribution in [1.82, 2.24) is 4.90 Å². The zero-order valence-electron chi connectivity index (χ0n) is 16.1. The van der Waals surface area contributed by atoms with Gasteiger partial charge in [0.2, 0.25) is 0 Å². The van der Waals surface area contributed by atoms with Gasteiger partial charge in [-0.2, -0.15) is 0 Å². The van der Waals surface area contributed by atoms with Crippen molar-refractivity contribution in [3.8, 4) is 5.75 Å². The topological polar surface area (TPSA) is 32.8 Å². The Morgan fingerprint density at radius 1 is 0.828 bits per heavy atom. The molecule has 148 valence electrons. The Balaban J connectivity index is 1.42. The van der Waals surface area contributed by atoms with Gasteiger partial charge in [-0.15, -0.1) is 0 Å². The highest BCUT2D eigenvalue weighted by Gasteiger charge is 2.24. The molecule has 3 aromatic carbocycles. The van der Waals surface area contributed by atoms with E-state index in [1.165, 1.54) is 5.69 Å². The molecule has 0 unspecified atom stereocenters. The van der Waals surface area contributed by atoms with Crippen LogP contribution in [0, 0.1) is 0 Å². The molecule has 29 heavy (non-hydrogen) atoms. The van der Waals surface area contributed by atoms with Gasteiger partial charge in [-0.1, -0.05) is 60.1 Å². The fraction of sp³-hybridized carbons (Fsp3) is 0.208. The second-order valence-electron chi connectivity index (χ2n) is 6.99. The van der Waals surface area contributed by atoms with Crippen molar-refractivity contribution in [1.29, 1.82) is 0 Å². The van der Waals surface area contributed by atoms with Gasteiger partial charge in [0.25, 0.3) is 5.91 Å². The second kappa shape index (κ2) is 9.01. The number of hydrogen-bond acceptors (Lipinski definition) is 3. The van der Waals surface area contributed by atoms with Crippen molar-refractivity contribution in [3.63, 3.8) is 0 Å². The molecule has 1 aliphatic heterocycles. The normalized spacial score (nSPS) is 14.0. The van der Waals surface area contributed by atoms with Gasteiger partial charge >= 0.3 is 0 Å². The predicted octanol–water partition coefficient (Wildman–Crippen LogP) is 4.88. The average molecular weight is 407 g/mol. The first-order valence-electron chi connectivity index (χ1n) is 9.77. The number of benzene rings is 3. The first-order valence-corrected chi connectivity index (χ1v) is 10.1. The maximum absolute atomic E-state index is 13.1. The first-order chi connectivity index (χ1) is 14.2. The summed E-state index contributed by atoms with van der Waals surface area (Å²) in [5.41, 5.74) is 2.68. The molecule has 0 aliphatic carbocycles. The van der Waals surface area contributed by atoms with Gasteiger partial charge in [0.1, 0.15) is 12.4 Å². The molecule has 0 bridgehead atoms. The van der Waals surface area contributed by atoms with Crippen LogP contribution in [0.2, 0.25) is 5.02 Å². The van der Waals surface area contributed by atoms with Gasteiger partial charge in [0.05, 0.1) is 5.56 Å². The Morgan fingerprint density at radius 3 is 2.24 bits per heavy atom. The Bertz CT molecular complexity index is 969. The van der Waals surface area contributed by atoms with Gasteiger partial charge in [0, 0.05) is 42.5 Å². The number of ether oxygens (including phenoxy) is 1. The van der Waals surface area contributed by atoms with Crippen LogP contribution in [-0.2, 0) is 6.61 Å². The van der Waals surface area contributed by atoms with E-state index in [9.17, 15) is 4.79 Å². The molecule has 0 aromatic heterocycles. The molecular weight excluding hydrogens is 384 g/mol. The number of piperazine rings is 1. The van der Waals surface area contributed by atoms with Crippen molar-refractivity contribution in [2.24, 2.45) is 0 Å². The molecule has 1 saturated heterocycles. The summed E-state index contributed by atoms with van der Waals surface area (Å²) in [4.78, 5) is 17.4. The van der Waals surface area contributed by atoms with Gasteiger partial charge in [-0.3, -0.25) is 4.79 Å². The lowest BCUT2D eigenvalue weighted by molar-refractivity contribution is 0.0742. The first kappa shape index (κ1) is 19.3. The minimum absolute atomic E-state index is 0.00692. The van der Waals surface area contributed by atoms with Gasteiger partial charge in [-0.25, -0.2) is 0 Å². The summed E-state index contributed by atoms with van der Waals surface area (Å²) in [5.74, 6) is 0.593. The molecule has 0 saturated carbocycles. The maximum atomic E-state index is 13.1. The lowest BCUT2D eigenvalue weighted by Crippen LogP contribution is -2.48. The van der Waals surface area contributed by atoms with Crippen LogP contribution < -0.4 is 9.64 Å². The van der Waals surface area contributed by atoms with E-state index in [0.29, 0.717) is 36.0 Å². The van der Waals surface area contributed by atoms with Crippen molar-refractivity contribution < 1.29 is 9.53 Å². The molecule has 1 fully saturated rings. The smallest absolute Gasteiger partial charge is 0.257 e. The Hall–Kier alpha value is -2.98. The van der Waals surface area contributed by atoms with Crippen molar-refractivity contribution >= 4 is 23.2 Å². The number of nitrogens with zero attached hydrogens (tertiary/aromatic N) is 2. The van der Waals surface area contributed by atoms with E-state index in [1.54, 1.807) is 0 Å². The molecule has 0 N–H and O–H groups in total. The van der Waals surface area contributed by atoms with Crippen LogP contribution in [0.3, 0.4) is 0 Å². The molecule has 0 atom stereocenters. The van der Waals surface area contributed by atoms with Crippen LogP contribution in [0.4, 0.5) is 5.69 Å². The van der Waals surface area contributed by atoms with E-state index in [2.05, 4.69) is 17.0 Å². The third-order valence-corrected chi connectivity index (χ3v) is 5.52. The molecule has 4 rings (SSSR count). The SMILES string of the molecule is O=C(c1ccccc1OCc1ccccc1Cl)N1CCN(c2ccccc2)CC1. The van der Waals surface area contributed by atoms with Gasteiger partial charge < -0.3 is 14.5 Å². The Labute approximate surface area is 176 Å². The summed E-state index contributed by atoms with van der Waals surface area (Å²) in [6.07, 6.45) is 0. The summed E-state index contributed by atoms with van der Waals surface area (Å²) < 4.78 is 5.96. The molecule has 3 aromatic rings. The van der Waals surface area contributed by atoms with Crippen molar-refractivity contribution in [2.45, 2.75) is 6.61 Å². The van der Waals surface area contributed by atoms with Crippen molar-refractivity contribution in [2.75, 3.05) is 31.1 Å². The average Bonchev–Trinajstić information content (AvgIpc) is 2.79. The van der Waals surface area contributed by atoms with E-state index in [1.807, 2.05) is 71.6 Å². The summed E-state index contributed by atoms with van der Waals surface area (Å²) in [6, 6.07) is 25.3. The fourth-order valence-electron chi connectivity index (χ4n) is 3.52. The van der Waals surface area contributed by atoms with Crippen LogP contribution >= 0.6 is 11.6 Å². The number of halogens is 1. The van der Waals surface area contributed by atoms with E-state index >= 15 is 0 Å². The highest BCUT2D eigenvalue weighted by molar-refractivity contribution is 6.31. The zero-order chi connectivity index (χ0) is 20.1. The van der Waals surface area contributed by atoms with E-state index in [-0.39, 0.29) is 5.91 Å². The molecule has 0 radical (unpaired) electrons. The van der Waals surface area contributed by atoms with E-state index < -0.39 is 0 Å². The fourth-order valence-corrected chi connectivity index (χ4v) is 3.71. The lowest BCUT2D eigenvalue weighted by Gasteiger charge is -2.36. The molecule has 1 heterocycles.